The van der Waals surface area contributed by atoms with Crippen molar-refractivity contribution in [3.8, 4) is 0 Å². The van der Waals surface area contributed by atoms with Gasteiger partial charge in [0, 0.05) is 44.3 Å². The number of β-amino-alcohol motifs (C(OH)–C–C–N with tert-alkyl or cyclic N) is 1. The van der Waals surface area contributed by atoms with Gasteiger partial charge >= 0.3 is 0 Å². The summed E-state index contributed by atoms with van der Waals surface area (Å²) in [5.41, 5.74) is 6.75. The van der Waals surface area contributed by atoms with E-state index in [1.165, 1.54) is 17.7 Å². The molecule has 8 nitrogen and oxygen atoms in total. The molecule has 0 bridgehead atoms. The summed E-state index contributed by atoms with van der Waals surface area (Å²) in [5, 5.41) is 14.8. The Bertz CT molecular complexity index is 598. The fourth-order valence-electron chi connectivity index (χ4n) is 2.45. The normalized spacial score (nSPS) is 16.0. The molecule has 4 N–H and O–H groups in total. The molecule has 0 saturated carbocycles. The molecule has 1 aliphatic heterocycles. The van der Waals surface area contributed by atoms with Crippen LogP contribution in [0.1, 0.15) is 0 Å². The zero-order chi connectivity index (χ0) is 15.4. The maximum Gasteiger partial charge on any atom is 0.188 e. The topological polar surface area (TPSA) is 103 Å². The summed E-state index contributed by atoms with van der Waals surface area (Å²) >= 11 is 1.49. The van der Waals surface area contributed by atoms with Crippen LogP contribution in [0.5, 0.6) is 0 Å². The van der Waals surface area contributed by atoms with Gasteiger partial charge in [0.05, 0.1) is 6.61 Å². The highest BCUT2D eigenvalue weighted by atomic mass is 32.1. The van der Waals surface area contributed by atoms with Gasteiger partial charge in [-0.25, -0.2) is 15.0 Å². The predicted molar refractivity (Wildman–Crippen MR) is 87.6 cm³/mol. The van der Waals surface area contributed by atoms with Crippen molar-refractivity contribution in [3.63, 3.8) is 0 Å². The van der Waals surface area contributed by atoms with Crippen molar-refractivity contribution < 1.29 is 5.11 Å². The standard InChI is InChI=1S/C13H19N7OS/c14-10-11(18-13-15-1-8-22-13)16-9-17-12(10)20-4-2-19(3-5-20)6-7-21/h1,8-9,21H,2-7,14H2,(H,15,16,17,18). The van der Waals surface area contributed by atoms with Crippen LogP contribution in [-0.2, 0) is 0 Å². The number of hydrogen-bond acceptors (Lipinski definition) is 9. The molecular formula is C13H19N7OS. The van der Waals surface area contributed by atoms with Gasteiger partial charge in [0.25, 0.3) is 0 Å². The van der Waals surface area contributed by atoms with E-state index in [4.69, 9.17) is 10.8 Å². The van der Waals surface area contributed by atoms with Crippen molar-refractivity contribution >= 4 is 33.8 Å². The van der Waals surface area contributed by atoms with Gasteiger partial charge in [-0.05, 0) is 0 Å². The molecule has 2 aromatic heterocycles. The second-order valence-corrected chi connectivity index (χ2v) is 5.87. The van der Waals surface area contributed by atoms with Crippen LogP contribution in [-0.4, -0.2) is 64.3 Å². The number of nitrogens with two attached hydrogens (primary N) is 1. The van der Waals surface area contributed by atoms with Crippen LogP contribution in [0.15, 0.2) is 17.9 Å². The van der Waals surface area contributed by atoms with Gasteiger partial charge in [0.15, 0.2) is 16.8 Å². The minimum absolute atomic E-state index is 0.192. The molecule has 0 aromatic carbocycles. The van der Waals surface area contributed by atoms with Crippen molar-refractivity contribution in [2.24, 2.45) is 0 Å². The maximum atomic E-state index is 9.00. The predicted octanol–water partition coefficient (Wildman–Crippen LogP) is 0.373. The molecule has 3 heterocycles. The molecular weight excluding hydrogens is 302 g/mol. The van der Waals surface area contributed by atoms with E-state index >= 15 is 0 Å². The van der Waals surface area contributed by atoms with Gasteiger partial charge in [-0.15, -0.1) is 11.3 Å². The summed E-state index contributed by atoms with van der Waals surface area (Å²) in [7, 11) is 0. The number of hydrogen-bond donors (Lipinski definition) is 3. The summed E-state index contributed by atoms with van der Waals surface area (Å²) in [6, 6.07) is 0. The lowest BCUT2D eigenvalue weighted by molar-refractivity contribution is 0.188. The zero-order valence-electron chi connectivity index (χ0n) is 12.1. The highest BCUT2D eigenvalue weighted by Gasteiger charge is 2.21. The molecule has 1 saturated heterocycles. The maximum absolute atomic E-state index is 9.00. The third-order valence-corrected chi connectivity index (χ3v) is 4.30. The van der Waals surface area contributed by atoms with E-state index in [0.717, 1.165) is 37.1 Å². The fraction of sp³-hybridized carbons (Fsp3) is 0.462. The van der Waals surface area contributed by atoms with Crippen molar-refractivity contribution in [2.45, 2.75) is 0 Å². The number of thiazole rings is 1. The molecule has 1 fully saturated rings. The Hall–Kier alpha value is -1.97. The Kier molecular flexibility index (Phi) is 4.66. The minimum Gasteiger partial charge on any atom is -0.395 e. The Balaban J connectivity index is 1.72. The number of aliphatic hydroxyl groups is 1. The zero-order valence-corrected chi connectivity index (χ0v) is 13.0. The van der Waals surface area contributed by atoms with Crippen LogP contribution in [0.2, 0.25) is 0 Å². The van der Waals surface area contributed by atoms with Crippen molar-refractivity contribution in [2.75, 3.05) is 55.3 Å². The number of anilines is 4. The molecule has 0 aliphatic carbocycles. The van der Waals surface area contributed by atoms with Gasteiger partial charge in [-0.3, -0.25) is 4.90 Å². The molecule has 0 amide bonds. The van der Waals surface area contributed by atoms with Gasteiger partial charge in [-0.2, -0.15) is 0 Å². The first-order valence-corrected chi connectivity index (χ1v) is 8.01. The van der Waals surface area contributed by atoms with Gasteiger partial charge in [-0.1, -0.05) is 0 Å². The lowest BCUT2D eigenvalue weighted by Gasteiger charge is -2.35. The van der Waals surface area contributed by atoms with Crippen molar-refractivity contribution in [3.05, 3.63) is 17.9 Å². The summed E-state index contributed by atoms with van der Waals surface area (Å²) in [4.78, 5) is 17.1. The number of nitrogen functional groups attached to an aromatic ring is 1. The van der Waals surface area contributed by atoms with E-state index < -0.39 is 0 Å². The molecule has 118 valence electrons. The van der Waals surface area contributed by atoms with E-state index in [0.29, 0.717) is 18.1 Å². The second-order valence-electron chi connectivity index (χ2n) is 4.97. The fourth-order valence-corrected chi connectivity index (χ4v) is 2.98. The number of rotatable bonds is 5. The molecule has 1 aliphatic rings. The van der Waals surface area contributed by atoms with E-state index in [9.17, 15) is 0 Å². The number of aromatic nitrogens is 3. The summed E-state index contributed by atoms with van der Waals surface area (Å²) < 4.78 is 0. The van der Waals surface area contributed by atoms with Crippen LogP contribution in [0.4, 0.5) is 22.5 Å². The highest BCUT2D eigenvalue weighted by molar-refractivity contribution is 7.13. The smallest absolute Gasteiger partial charge is 0.188 e. The van der Waals surface area contributed by atoms with Crippen LogP contribution in [0, 0.1) is 0 Å². The Morgan fingerprint density at radius 1 is 1.23 bits per heavy atom. The van der Waals surface area contributed by atoms with Crippen molar-refractivity contribution in [1.82, 2.24) is 19.9 Å². The third-order valence-electron chi connectivity index (χ3n) is 3.61. The van der Waals surface area contributed by atoms with Crippen LogP contribution < -0.4 is 16.0 Å². The average molecular weight is 321 g/mol. The number of aliphatic hydroxyl groups excluding tert-OH is 1. The van der Waals surface area contributed by atoms with Crippen LogP contribution >= 0.6 is 11.3 Å². The van der Waals surface area contributed by atoms with Crippen LogP contribution in [0.25, 0.3) is 0 Å². The van der Waals surface area contributed by atoms with E-state index in [-0.39, 0.29) is 6.61 Å². The van der Waals surface area contributed by atoms with E-state index in [2.05, 4.69) is 30.1 Å². The first kappa shape index (κ1) is 14.9. The summed E-state index contributed by atoms with van der Waals surface area (Å²) in [5.74, 6) is 1.33. The molecule has 0 unspecified atom stereocenters. The largest absolute Gasteiger partial charge is 0.395 e. The number of nitrogens with zero attached hydrogens (tertiary/aromatic N) is 5. The van der Waals surface area contributed by atoms with E-state index in [1.807, 2.05) is 5.38 Å². The SMILES string of the molecule is Nc1c(Nc2nccs2)ncnc1N1CCN(CCO)CC1. The molecule has 3 rings (SSSR count). The van der Waals surface area contributed by atoms with E-state index in [1.54, 1.807) is 6.20 Å². The Morgan fingerprint density at radius 2 is 2.05 bits per heavy atom. The number of piperazine rings is 1. The monoisotopic (exact) mass is 321 g/mol. The molecule has 0 atom stereocenters. The quantitative estimate of drug-likeness (QED) is 0.726. The summed E-state index contributed by atoms with van der Waals surface area (Å²) in [6.45, 7) is 4.34. The highest BCUT2D eigenvalue weighted by Crippen LogP contribution is 2.29. The Labute approximate surface area is 132 Å². The number of nitrogens with one attached hydrogen (secondary N) is 1. The van der Waals surface area contributed by atoms with Crippen molar-refractivity contribution in [1.29, 1.82) is 0 Å². The summed E-state index contributed by atoms with van der Waals surface area (Å²) in [6.07, 6.45) is 3.24. The van der Waals surface area contributed by atoms with Gasteiger partial charge in [0.1, 0.15) is 12.0 Å². The molecule has 0 spiro atoms. The molecule has 22 heavy (non-hydrogen) atoms. The first-order chi connectivity index (χ1) is 10.8. The first-order valence-electron chi connectivity index (χ1n) is 7.13. The minimum atomic E-state index is 0.192. The average Bonchev–Trinajstić information content (AvgIpc) is 3.04. The Morgan fingerprint density at radius 3 is 2.73 bits per heavy atom. The van der Waals surface area contributed by atoms with Crippen LogP contribution in [0.3, 0.4) is 0 Å². The molecule has 0 radical (unpaired) electrons. The van der Waals surface area contributed by atoms with Gasteiger partial charge < -0.3 is 21.1 Å². The molecule has 2 aromatic rings. The molecule has 9 heteroatoms. The lowest BCUT2D eigenvalue weighted by atomic mass is 10.3. The second kappa shape index (κ2) is 6.86. The van der Waals surface area contributed by atoms with Gasteiger partial charge in [0.2, 0.25) is 0 Å². The lowest BCUT2D eigenvalue weighted by Crippen LogP contribution is -2.47. The third kappa shape index (κ3) is 3.26.